The molecule has 0 radical (unpaired) electrons. The maximum atomic E-state index is 12.2. The van der Waals surface area contributed by atoms with Crippen LogP contribution in [0.3, 0.4) is 0 Å². The van der Waals surface area contributed by atoms with Crippen molar-refractivity contribution < 1.29 is 18.3 Å². The second-order valence-corrected chi connectivity index (χ2v) is 11.5. The third-order valence-corrected chi connectivity index (χ3v) is 8.43. The number of allylic oxidation sites excluding steroid dienone is 6. The summed E-state index contributed by atoms with van der Waals surface area (Å²) in [6, 6.07) is 17.0. The van der Waals surface area contributed by atoms with Gasteiger partial charge in [0, 0.05) is 17.7 Å². The Morgan fingerprint density at radius 3 is 2.44 bits per heavy atom. The van der Waals surface area contributed by atoms with Gasteiger partial charge in [-0.1, -0.05) is 93.7 Å². The smallest absolute Gasteiger partial charge is 0.247 e. The molecule has 1 atom stereocenters. The summed E-state index contributed by atoms with van der Waals surface area (Å²) < 4.78 is 30.5. The van der Waals surface area contributed by atoms with Crippen molar-refractivity contribution in [3.8, 4) is 5.75 Å². The second kappa shape index (κ2) is 14.0. The van der Waals surface area contributed by atoms with E-state index in [4.69, 9.17) is 10.5 Å². The molecule has 2 aromatic rings. The van der Waals surface area contributed by atoms with Crippen molar-refractivity contribution in [2.45, 2.75) is 76.6 Å². The quantitative estimate of drug-likeness (QED) is 0.213. The van der Waals surface area contributed by atoms with Gasteiger partial charge in [-0.3, -0.25) is 9.79 Å². The van der Waals surface area contributed by atoms with E-state index in [1.54, 1.807) is 0 Å². The van der Waals surface area contributed by atoms with Crippen molar-refractivity contribution in [2.24, 2.45) is 10.7 Å². The van der Waals surface area contributed by atoms with Crippen LogP contribution in [-0.4, -0.2) is 31.3 Å². The Kier molecular flexibility index (Phi) is 9.90. The summed E-state index contributed by atoms with van der Waals surface area (Å²) in [5.74, 6) is 1.25. The first-order valence-corrected chi connectivity index (χ1v) is 15.5. The Bertz CT molecular complexity index is 1470. The number of benzene rings is 2. The number of alkyl halides is 2. The Balaban J connectivity index is 1.28. The van der Waals surface area contributed by atoms with Gasteiger partial charge in [0.25, 0.3) is 0 Å². The van der Waals surface area contributed by atoms with Gasteiger partial charge in [-0.2, -0.15) is 0 Å². The first-order chi connectivity index (χ1) is 20.9. The maximum absolute atomic E-state index is 12.2. The Hall–Kier alpha value is -4.00. The second-order valence-electron chi connectivity index (χ2n) is 11.5. The summed E-state index contributed by atoms with van der Waals surface area (Å²) in [6.07, 6.45) is 14.1. The number of aryl methyl sites for hydroxylation is 1. The SMILES string of the molecule is CCc1cccc(C2(c3ccc(OCCCCCCCCCC(F)F)cc3)C=CC3=C(C4=NCC(=O)N4)C(N)=CC3=C2)c1. The molecule has 0 bridgehead atoms. The average molecular weight is 586 g/mol. The molecule has 0 saturated heterocycles. The number of nitrogens with one attached hydrogen (secondary N) is 1. The molecule has 5 nitrogen and oxygen atoms in total. The number of nitrogens with two attached hydrogens (primary N) is 1. The highest BCUT2D eigenvalue weighted by Gasteiger charge is 2.36. The summed E-state index contributed by atoms with van der Waals surface area (Å²) in [5.41, 5.74) is 12.9. The molecule has 7 heteroatoms. The predicted molar refractivity (Wildman–Crippen MR) is 168 cm³/mol. The number of hydrogen-bond acceptors (Lipinski definition) is 4. The fourth-order valence-corrected chi connectivity index (χ4v) is 6.07. The van der Waals surface area contributed by atoms with Crippen molar-refractivity contribution in [2.75, 3.05) is 13.2 Å². The number of carbonyl (C=O) groups is 1. The molecular weight excluding hydrogens is 544 g/mol. The molecule has 2 aromatic carbocycles. The van der Waals surface area contributed by atoms with Crippen LogP contribution in [0.15, 0.2) is 100 Å². The van der Waals surface area contributed by atoms with Gasteiger partial charge in [-0.25, -0.2) is 8.78 Å². The van der Waals surface area contributed by atoms with E-state index in [9.17, 15) is 13.6 Å². The Labute approximate surface area is 253 Å². The molecule has 1 aliphatic heterocycles. The van der Waals surface area contributed by atoms with Crippen molar-refractivity contribution in [1.29, 1.82) is 0 Å². The first-order valence-electron chi connectivity index (χ1n) is 15.5. The number of aliphatic imine (C=N–C) groups is 1. The minimum Gasteiger partial charge on any atom is -0.494 e. The highest BCUT2D eigenvalue weighted by molar-refractivity contribution is 6.16. The summed E-state index contributed by atoms with van der Waals surface area (Å²) in [7, 11) is 0. The van der Waals surface area contributed by atoms with Crippen molar-refractivity contribution in [1.82, 2.24) is 5.32 Å². The fraction of sp³-hybridized carbons (Fsp3) is 0.389. The topological polar surface area (TPSA) is 76.7 Å². The van der Waals surface area contributed by atoms with Crippen LogP contribution in [-0.2, 0) is 16.6 Å². The van der Waals surface area contributed by atoms with E-state index in [-0.39, 0.29) is 18.9 Å². The zero-order chi connectivity index (χ0) is 30.2. The van der Waals surface area contributed by atoms with Crippen molar-refractivity contribution in [3.05, 3.63) is 112 Å². The van der Waals surface area contributed by atoms with Gasteiger partial charge < -0.3 is 15.8 Å². The zero-order valence-electron chi connectivity index (χ0n) is 24.9. The summed E-state index contributed by atoms with van der Waals surface area (Å²) in [6.45, 7) is 2.93. The van der Waals surface area contributed by atoms with Crippen LogP contribution in [0.5, 0.6) is 5.75 Å². The number of hydrogen-bond donors (Lipinski definition) is 2. The number of carbonyl (C=O) groups excluding carboxylic acids is 1. The highest BCUT2D eigenvalue weighted by atomic mass is 19.3. The summed E-state index contributed by atoms with van der Waals surface area (Å²) >= 11 is 0. The number of unbranched alkanes of at least 4 members (excludes halogenated alkanes) is 6. The van der Waals surface area contributed by atoms with Gasteiger partial charge >= 0.3 is 0 Å². The van der Waals surface area contributed by atoms with E-state index >= 15 is 0 Å². The van der Waals surface area contributed by atoms with Gasteiger partial charge in [0.2, 0.25) is 12.3 Å². The average Bonchev–Trinajstić information content (AvgIpc) is 3.58. The highest BCUT2D eigenvalue weighted by Crippen LogP contribution is 2.45. The van der Waals surface area contributed by atoms with Crippen LogP contribution >= 0.6 is 0 Å². The number of amides is 1. The molecule has 1 amide bonds. The van der Waals surface area contributed by atoms with Crippen molar-refractivity contribution >= 4 is 11.7 Å². The number of halogens is 2. The van der Waals surface area contributed by atoms with Gasteiger partial charge in [0.1, 0.15) is 18.1 Å². The molecule has 0 spiro atoms. The molecule has 3 N–H and O–H groups in total. The van der Waals surface area contributed by atoms with Gasteiger partial charge in [0.05, 0.1) is 12.0 Å². The van der Waals surface area contributed by atoms with Gasteiger partial charge in [-0.15, -0.1) is 0 Å². The molecule has 226 valence electrons. The molecule has 0 fully saturated rings. The molecule has 0 saturated carbocycles. The summed E-state index contributed by atoms with van der Waals surface area (Å²) in [4.78, 5) is 16.2. The Morgan fingerprint density at radius 1 is 1.00 bits per heavy atom. The van der Waals surface area contributed by atoms with Crippen LogP contribution in [0.4, 0.5) is 8.78 Å². The van der Waals surface area contributed by atoms with Crippen LogP contribution < -0.4 is 15.8 Å². The number of fused-ring (bicyclic) bond motifs is 1. The minimum absolute atomic E-state index is 0.0222. The minimum atomic E-state index is -2.17. The van der Waals surface area contributed by atoms with Crippen LogP contribution in [0.1, 0.15) is 75.0 Å². The third kappa shape index (κ3) is 7.15. The first kappa shape index (κ1) is 30.5. The van der Waals surface area contributed by atoms with Gasteiger partial charge in [-0.05, 0) is 65.3 Å². The standard InChI is InChI=1S/C36H41F2N3O2/c1-2-25-11-10-12-28(21-25)36(19-18-30-26(23-36)22-31(39)34(30)35-40-24-33(42)41-35)27-14-16-29(17-15-27)43-20-9-7-5-3-4-6-8-13-32(37)38/h10-12,14-19,21-23,32H,2-9,13,20,24,39H2,1H3,(H,40,41,42). The predicted octanol–water partition coefficient (Wildman–Crippen LogP) is 7.48. The molecule has 5 rings (SSSR count). The number of rotatable bonds is 15. The van der Waals surface area contributed by atoms with Crippen LogP contribution in [0, 0.1) is 0 Å². The van der Waals surface area contributed by atoms with E-state index in [1.165, 1.54) is 11.1 Å². The van der Waals surface area contributed by atoms with Crippen LogP contribution in [0.2, 0.25) is 0 Å². The molecule has 1 unspecified atom stereocenters. The fourth-order valence-electron chi connectivity index (χ4n) is 6.07. The Morgan fingerprint density at radius 2 is 1.74 bits per heavy atom. The van der Waals surface area contributed by atoms with Crippen molar-refractivity contribution in [3.63, 3.8) is 0 Å². The molecule has 43 heavy (non-hydrogen) atoms. The van der Waals surface area contributed by atoms with Gasteiger partial charge in [0.15, 0.2) is 0 Å². The molecule has 0 aromatic heterocycles. The lowest BCUT2D eigenvalue weighted by atomic mass is 9.70. The molecule has 3 aliphatic rings. The normalized spacial score (nSPS) is 19.3. The third-order valence-electron chi connectivity index (χ3n) is 8.43. The van der Waals surface area contributed by atoms with E-state index in [0.717, 1.165) is 73.0 Å². The van der Waals surface area contributed by atoms with E-state index in [1.807, 2.05) is 18.2 Å². The number of nitrogens with zero attached hydrogens (tertiary/aromatic N) is 1. The van der Waals surface area contributed by atoms with Crippen LogP contribution in [0.25, 0.3) is 0 Å². The summed E-state index contributed by atoms with van der Waals surface area (Å²) in [5, 5.41) is 2.84. The maximum Gasteiger partial charge on any atom is 0.247 e. The van der Waals surface area contributed by atoms with E-state index < -0.39 is 11.8 Å². The zero-order valence-corrected chi connectivity index (χ0v) is 24.9. The lowest BCUT2D eigenvalue weighted by molar-refractivity contribution is -0.117. The number of amidine groups is 1. The van der Waals surface area contributed by atoms with E-state index in [0.29, 0.717) is 24.6 Å². The molecule has 1 heterocycles. The van der Waals surface area contributed by atoms with E-state index in [2.05, 4.69) is 71.9 Å². The monoisotopic (exact) mass is 585 g/mol. The molecular formula is C36H41F2N3O2. The molecule has 2 aliphatic carbocycles. The largest absolute Gasteiger partial charge is 0.494 e. The number of ether oxygens (including phenoxy) is 1. The lowest BCUT2D eigenvalue weighted by Crippen LogP contribution is -2.28. The lowest BCUT2D eigenvalue weighted by Gasteiger charge is -2.33.